The molecule has 31 heavy (non-hydrogen) atoms. The molecule has 0 spiro atoms. The van der Waals surface area contributed by atoms with Crippen LogP contribution in [-0.2, 0) is 4.79 Å². The summed E-state index contributed by atoms with van der Waals surface area (Å²) in [6.07, 6.45) is 5.63. The van der Waals surface area contributed by atoms with E-state index in [2.05, 4.69) is 38.1 Å². The lowest BCUT2D eigenvalue weighted by atomic mass is 9.98. The number of carbonyl (C=O) groups excluding carboxylic acids is 1. The summed E-state index contributed by atoms with van der Waals surface area (Å²) in [5.41, 5.74) is 10.1. The molecule has 0 aliphatic heterocycles. The van der Waals surface area contributed by atoms with Crippen molar-refractivity contribution in [2.45, 2.75) is 20.3 Å². The number of nitrogens with two attached hydrogens (primary N) is 1. The van der Waals surface area contributed by atoms with Crippen molar-refractivity contribution >= 4 is 52.6 Å². The molecule has 8 nitrogen and oxygen atoms in total. The topological polar surface area (TPSA) is 129 Å². The van der Waals surface area contributed by atoms with Crippen LogP contribution in [0.1, 0.15) is 18.9 Å². The maximum atomic E-state index is 12.3. The zero-order valence-electron chi connectivity index (χ0n) is 17.3. The highest BCUT2D eigenvalue weighted by molar-refractivity contribution is 6.00. The van der Waals surface area contributed by atoms with Crippen molar-refractivity contribution in [3.8, 4) is 17.2 Å². The molecule has 1 saturated carbocycles. The summed E-state index contributed by atoms with van der Waals surface area (Å²) < 4.78 is 0. The zero-order chi connectivity index (χ0) is 22.1. The number of amides is 1. The standard InChI is InChI=1S/C23H21N7O/c1-4-27-22-21(26-3)12(2)17(10-29-22)13-5-14-8-20(28-11-18(14)19(25)7-13)30-23(31)16-6-15(16)9-24/h4-5,7-8,10-11,15-16H,3,6,25H2,1-2H3,(H,28,30,31)/b27-4-/t15-,16?/m1/s1. The van der Waals surface area contributed by atoms with E-state index in [-0.39, 0.29) is 17.7 Å². The van der Waals surface area contributed by atoms with E-state index in [0.717, 1.165) is 27.5 Å². The molecule has 4 rings (SSSR count). The summed E-state index contributed by atoms with van der Waals surface area (Å²) in [4.78, 5) is 29.3. The fraction of sp³-hybridized carbons (Fsp3) is 0.217. The Labute approximate surface area is 179 Å². The number of nitrogen functional groups attached to an aromatic ring is 1. The van der Waals surface area contributed by atoms with Crippen LogP contribution < -0.4 is 11.1 Å². The minimum atomic E-state index is -0.262. The van der Waals surface area contributed by atoms with E-state index in [9.17, 15) is 4.79 Å². The third-order valence-electron chi connectivity index (χ3n) is 5.42. The Morgan fingerprint density at radius 1 is 1.35 bits per heavy atom. The van der Waals surface area contributed by atoms with Gasteiger partial charge in [0.2, 0.25) is 5.91 Å². The number of nitrogens with one attached hydrogen (secondary N) is 1. The van der Waals surface area contributed by atoms with Gasteiger partial charge in [0, 0.05) is 35.2 Å². The summed E-state index contributed by atoms with van der Waals surface area (Å²) in [6.45, 7) is 7.41. The fourth-order valence-corrected chi connectivity index (χ4v) is 3.63. The molecule has 8 heteroatoms. The largest absolute Gasteiger partial charge is 0.398 e. The molecule has 0 saturated heterocycles. The SMILES string of the molecule is C=Nc1c(/N=C\C)ncc(-c2cc(N)c3cnc(NC(=O)C4C[C@@H]4C#N)cc3c2)c1C. The van der Waals surface area contributed by atoms with E-state index >= 15 is 0 Å². The van der Waals surface area contributed by atoms with Gasteiger partial charge in [0.1, 0.15) is 11.5 Å². The van der Waals surface area contributed by atoms with Crippen LogP contribution in [0, 0.1) is 30.1 Å². The minimum absolute atomic E-state index is 0.184. The Hall–Kier alpha value is -4.12. The van der Waals surface area contributed by atoms with Crippen LogP contribution in [0.5, 0.6) is 0 Å². The van der Waals surface area contributed by atoms with E-state index in [1.165, 1.54) is 0 Å². The molecule has 2 aromatic heterocycles. The molecule has 154 valence electrons. The number of nitrogens with zero attached hydrogens (tertiary/aromatic N) is 5. The molecule has 2 atom stereocenters. The second kappa shape index (κ2) is 7.95. The quantitative estimate of drug-likeness (QED) is 0.476. The molecule has 1 unspecified atom stereocenters. The average Bonchev–Trinajstić information content (AvgIpc) is 3.54. The minimum Gasteiger partial charge on any atom is -0.398 e. The maximum Gasteiger partial charge on any atom is 0.230 e. The molecule has 1 aromatic carbocycles. The Kier molecular flexibility index (Phi) is 5.17. The molecule has 0 bridgehead atoms. The van der Waals surface area contributed by atoms with Crippen molar-refractivity contribution in [1.82, 2.24) is 9.97 Å². The molecular formula is C23H21N7O. The lowest BCUT2D eigenvalue weighted by molar-refractivity contribution is -0.117. The van der Waals surface area contributed by atoms with Crippen LogP contribution in [-0.4, -0.2) is 28.8 Å². The summed E-state index contributed by atoms with van der Waals surface area (Å²) in [5.74, 6) is 0.287. The first kappa shape index (κ1) is 20.2. The number of aromatic nitrogens is 2. The monoisotopic (exact) mass is 411 g/mol. The van der Waals surface area contributed by atoms with Crippen molar-refractivity contribution < 1.29 is 4.79 Å². The van der Waals surface area contributed by atoms with Crippen molar-refractivity contribution in [1.29, 1.82) is 5.26 Å². The van der Waals surface area contributed by atoms with Gasteiger partial charge in [-0.25, -0.2) is 15.0 Å². The number of hydrogen-bond donors (Lipinski definition) is 2. The molecule has 2 heterocycles. The maximum absolute atomic E-state index is 12.3. The second-order valence-electron chi connectivity index (χ2n) is 7.44. The van der Waals surface area contributed by atoms with E-state index in [4.69, 9.17) is 11.0 Å². The number of fused-ring (bicyclic) bond motifs is 1. The summed E-state index contributed by atoms with van der Waals surface area (Å²) in [7, 11) is 0. The van der Waals surface area contributed by atoms with Crippen LogP contribution in [0.3, 0.4) is 0 Å². The summed E-state index contributed by atoms with van der Waals surface area (Å²) >= 11 is 0. The van der Waals surface area contributed by atoms with Crippen molar-refractivity contribution in [3.05, 3.63) is 36.2 Å². The highest BCUT2D eigenvalue weighted by Gasteiger charge is 2.43. The number of nitriles is 1. The Bertz CT molecular complexity index is 1290. The molecule has 3 aromatic rings. The predicted octanol–water partition coefficient (Wildman–Crippen LogP) is 4.34. The molecular weight excluding hydrogens is 390 g/mol. The summed E-state index contributed by atoms with van der Waals surface area (Å²) in [5, 5.41) is 13.3. The number of carbonyl (C=O) groups is 1. The summed E-state index contributed by atoms with van der Waals surface area (Å²) in [6, 6.07) is 7.73. The van der Waals surface area contributed by atoms with Gasteiger partial charge in [-0.05, 0) is 61.7 Å². The lowest BCUT2D eigenvalue weighted by Gasteiger charge is -2.13. The third-order valence-corrected chi connectivity index (χ3v) is 5.42. The van der Waals surface area contributed by atoms with Gasteiger partial charge < -0.3 is 11.1 Å². The van der Waals surface area contributed by atoms with Crippen molar-refractivity contribution in [2.24, 2.45) is 21.8 Å². The number of benzene rings is 1. The third kappa shape index (κ3) is 3.73. The van der Waals surface area contributed by atoms with Gasteiger partial charge in [0.05, 0.1) is 17.9 Å². The van der Waals surface area contributed by atoms with Crippen molar-refractivity contribution in [2.75, 3.05) is 11.1 Å². The van der Waals surface area contributed by atoms with Gasteiger partial charge in [0.25, 0.3) is 0 Å². The van der Waals surface area contributed by atoms with Crippen LogP contribution in [0.15, 0.2) is 40.6 Å². The highest BCUT2D eigenvalue weighted by atomic mass is 16.2. The first-order valence-electron chi connectivity index (χ1n) is 9.82. The van der Waals surface area contributed by atoms with Crippen LogP contribution >= 0.6 is 0 Å². The van der Waals surface area contributed by atoms with Crippen molar-refractivity contribution in [3.63, 3.8) is 0 Å². The predicted molar refractivity (Wildman–Crippen MR) is 123 cm³/mol. The van der Waals surface area contributed by atoms with E-state index in [0.29, 0.717) is 29.4 Å². The Morgan fingerprint density at radius 3 is 2.84 bits per heavy atom. The van der Waals surface area contributed by atoms with Crippen LogP contribution in [0.4, 0.5) is 23.0 Å². The number of rotatable bonds is 5. The number of hydrogen-bond acceptors (Lipinski definition) is 7. The van der Waals surface area contributed by atoms with Gasteiger partial charge in [0.15, 0.2) is 5.82 Å². The van der Waals surface area contributed by atoms with Crippen LogP contribution in [0.2, 0.25) is 0 Å². The lowest BCUT2D eigenvalue weighted by Crippen LogP contribution is -2.15. The Balaban J connectivity index is 1.74. The second-order valence-corrected chi connectivity index (χ2v) is 7.44. The molecule has 1 aliphatic carbocycles. The Morgan fingerprint density at radius 2 is 2.16 bits per heavy atom. The van der Waals surface area contributed by atoms with Gasteiger partial charge >= 0.3 is 0 Å². The van der Waals surface area contributed by atoms with E-state index in [1.807, 2.05) is 26.0 Å². The molecule has 1 amide bonds. The highest BCUT2D eigenvalue weighted by Crippen LogP contribution is 2.39. The first-order valence-corrected chi connectivity index (χ1v) is 9.82. The first-order chi connectivity index (χ1) is 15.0. The van der Waals surface area contributed by atoms with Gasteiger partial charge in [-0.1, -0.05) is 0 Å². The average molecular weight is 411 g/mol. The normalized spacial score (nSPS) is 17.5. The van der Waals surface area contributed by atoms with Gasteiger partial charge in [-0.2, -0.15) is 5.26 Å². The fourth-order valence-electron chi connectivity index (χ4n) is 3.63. The number of aliphatic imine (C=N–C) groups is 2. The number of pyridine rings is 2. The van der Waals surface area contributed by atoms with E-state index < -0.39 is 0 Å². The van der Waals surface area contributed by atoms with Crippen LogP contribution in [0.25, 0.3) is 21.9 Å². The molecule has 1 aliphatic rings. The molecule has 0 radical (unpaired) electrons. The van der Waals surface area contributed by atoms with Gasteiger partial charge in [-0.3, -0.25) is 9.79 Å². The smallest absolute Gasteiger partial charge is 0.230 e. The molecule has 3 N–H and O–H groups in total. The number of anilines is 2. The van der Waals surface area contributed by atoms with Gasteiger partial charge in [-0.15, -0.1) is 0 Å². The zero-order valence-corrected chi connectivity index (χ0v) is 17.3. The van der Waals surface area contributed by atoms with E-state index in [1.54, 1.807) is 24.7 Å². The molecule has 1 fully saturated rings.